The topological polar surface area (TPSA) is 58.1 Å². The van der Waals surface area contributed by atoms with Gasteiger partial charge in [0.25, 0.3) is 5.91 Å². The summed E-state index contributed by atoms with van der Waals surface area (Å²) in [5, 5.41) is 2.93. The summed E-state index contributed by atoms with van der Waals surface area (Å²) >= 11 is 0. The molecule has 0 aliphatic carbocycles. The highest BCUT2D eigenvalue weighted by atomic mass is 16.1. The third kappa shape index (κ3) is 4.28. The van der Waals surface area contributed by atoms with E-state index in [1.165, 1.54) is 6.33 Å². The summed E-state index contributed by atoms with van der Waals surface area (Å²) in [6, 6.07) is 7.59. The minimum absolute atomic E-state index is 0.216. The van der Waals surface area contributed by atoms with Crippen LogP contribution in [0, 0.1) is 13.8 Å². The number of unbranched alkanes of at least 4 members (excludes halogenated alkanes) is 1. The minimum Gasteiger partial charge on any atom is -0.360 e. The highest BCUT2D eigenvalue weighted by Gasteiger charge is 2.12. The first-order valence-electron chi connectivity index (χ1n) is 7.93. The van der Waals surface area contributed by atoms with Crippen LogP contribution >= 0.6 is 0 Å². The van der Waals surface area contributed by atoms with E-state index in [2.05, 4.69) is 22.2 Å². The van der Waals surface area contributed by atoms with Crippen LogP contribution in [0.1, 0.15) is 41.4 Å². The molecule has 5 nitrogen and oxygen atoms in total. The number of hydrogen-bond acceptors (Lipinski definition) is 4. The van der Waals surface area contributed by atoms with E-state index in [9.17, 15) is 4.79 Å². The Morgan fingerprint density at radius 3 is 2.78 bits per heavy atom. The fourth-order valence-corrected chi connectivity index (χ4v) is 2.26. The summed E-state index contributed by atoms with van der Waals surface area (Å²) in [5.74, 6) is 0.547. The molecule has 0 spiro atoms. The summed E-state index contributed by atoms with van der Waals surface area (Å²) in [7, 11) is 1.98. The molecule has 1 N–H and O–H groups in total. The molecule has 5 heteroatoms. The Balaban J connectivity index is 2.15. The molecule has 0 aliphatic heterocycles. The van der Waals surface area contributed by atoms with Gasteiger partial charge < -0.3 is 10.2 Å². The van der Waals surface area contributed by atoms with Crippen molar-refractivity contribution in [2.45, 2.75) is 33.6 Å². The predicted molar refractivity (Wildman–Crippen MR) is 94.1 cm³/mol. The third-order valence-electron chi connectivity index (χ3n) is 3.98. The average molecular weight is 312 g/mol. The first kappa shape index (κ1) is 16.9. The first-order valence-corrected chi connectivity index (χ1v) is 7.93. The molecule has 1 heterocycles. The van der Waals surface area contributed by atoms with Crippen molar-refractivity contribution in [1.29, 1.82) is 0 Å². The fraction of sp³-hybridized carbons (Fsp3) is 0.389. The molecule has 0 radical (unpaired) electrons. The molecule has 23 heavy (non-hydrogen) atoms. The van der Waals surface area contributed by atoms with Crippen LogP contribution < -0.4 is 10.2 Å². The second-order valence-corrected chi connectivity index (χ2v) is 5.74. The fourth-order valence-electron chi connectivity index (χ4n) is 2.26. The van der Waals surface area contributed by atoms with Gasteiger partial charge in [-0.05, 0) is 37.5 Å². The van der Waals surface area contributed by atoms with Gasteiger partial charge in [0.1, 0.15) is 17.8 Å². The zero-order valence-corrected chi connectivity index (χ0v) is 14.3. The number of rotatable bonds is 6. The number of benzene rings is 1. The van der Waals surface area contributed by atoms with Crippen LogP contribution in [-0.2, 0) is 0 Å². The maximum atomic E-state index is 12.4. The molecule has 0 saturated heterocycles. The van der Waals surface area contributed by atoms with Crippen LogP contribution in [0.15, 0.2) is 30.6 Å². The highest BCUT2D eigenvalue weighted by Crippen LogP contribution is 2.19. The quantitative estimate of drug-likeness (QED) is 0.885. The maximum absolute atomic E-state index is 12.4. The van der Waals surface area contributed by atoms with Gasteiger partial charge in [0.2, 0.25) is 0 Å². The van der Waals surface area contributed by atoms with E-state index in [0.717, 1.165) is 42.0 Å². The monoisotopic (exact) mass is 312 g/mol. The highest BCUT2D eigenvalue weighted by molar-refractivity contribution is 6.03. The summed E-state index contributed by atoms with van der Waals surface area (Å²) in [6.07, 6.45) is 3.65. The van der Waals surface area contributed by atoms with Crippen molar-refractivity contribution < 1.29 is 4.79 Å². The standard InChI is InChI=1S/C18H24N4O/c1-5-6-10-22(4)17-11-16(19-12-20-17)18(23)21-15-9-7-8-13(2)14(15)3/h7-9,11-12H,5-6,10H2,1-4H3,(H,21,23). The lowest BCUT2D eigenvalue weighted by Gasteiger charge is -2.18. The molecule has 1 aromatic carbocycles. The zero-order chi connectivity index (χ0) is 16.8. The van der Waals surface area contributed by atoms with Gasteiger partial charge in [0.05, 0.1) is 0 Å². The zero-order valence-electron chi connectivity index (χ0n) is 14.3. The van der Waals surface area contributed by atoms with Crippen molar-refractivity contribution in [3.05, 3.63) is 47.4 Å². The number of carbonyl (C=O) groups is 1. The molecule has 0 aliphatic rings. The number of aromatic nitrogens is 2. The van der Waals surface area contributed by atoms with Crippen molar-refractivity contribution in [3.63, 3.8) is 0 Å². The van der Waals surface area contributed by atoms with Crippen molar-refractivity contribution in [2.24, 2.45) is 0 Å². The average Bonchev–Trinajstić information content (AvgIpc) is 2.57. The largest absolute Gasteiger partial charge is 0.360 e. The normalized spacial score (nSPS) is 10.4. The van der Waals surface area contributed by atoms with E-state index in [0.29, 0.717) is 5.69 Å². The molecule has 2 aromatic rings. The Morgan fingerprint density at radius 2 is 2.04 bits per heavy atom. The van der Waals surface area contributed by atoms with Crippen LogP contribution in [0.25, 0.3) is 0 Å². The van der Waals surface area contributed by atoms with E-state index in [1.54, 1.807) is 6.07 Å². The van der Waals surface area contributed by atoms with Gasteiger partial charge in [-0.1, -0.05) is 25.5 Å². The lowest BCUT2D eigenvalue weighted by atomic mass is 10.1. The molecule has 0 fully saturated rings. The van der Waals surface area contributed by atoms with E-state index in [1.807, 2.05) is 44.0 Å². The SMILES string of the molecule is CCCCN(C)c1cc(C(=O)Nc2cccc(C)c2C)ncn1. The predicted octanol–water partition coefficient (Wildman–Crippen LogP) is 3.58. The van der Waals surface area contributed by atoms with Gasteiger partial charge in [0, 0.05) is 25.3 Å². The van der Waals surface area contributed by atoms with E-state index in [4.69, 9.17) is 0 Å². The van der Waals surface area contributed by atoms with Gasteiger partial charge >= 0.3 is 0 Å². The molecule has 0 atom stereocenters. The molecule has 0 saturated carbocycles. The first-order chi connectivity index (χ1) is 11.0. The number of aryl methyl sites for hydroxylation is 1. The van der Waals surface area contributed by atoms with E-state index >= 15 is 0 Å². The van der Waals surface area contributed by atoms with Crippen LogP contribution in [0.4, 0.5) is 11.5 Å². The Morgan fingerprint density at radius 1 is 1.26 bits per heavy atom. The summed E-state index contributed by atoms with van der Waals surface area (Å²) in [6.45, 7) is 7.08. The molecule has 0 unspecified atom stereocenters. The Kier molecular flexibility index (Phi) is 5.68. The van der Waals surface area contributed by atoms with Crippen LogP contribution in [-0.4, -0.2) is 29.5 Å². The van der Waals surface area contributed by atoms with E-state index in [-0.39, 0.29) is 5.91 Å². The van der Waals surface area contributed by atoms with Gasteiger partial charge in [-0.15, -0.1) is 0 Å². The molecule has 2 rings (SSSR count). The number of anilines is 2. The lowest BCUT2D eigenvalue weighted by molar-refractivity contribution is 0.102. The second-order valence-electron chi connectivity index (χ2n) is 5.74. The van der Waals surface area contributed by atoms with Gasteiger partial charge in [-0.25, -0.2) is 9.97 Å². The van der Waals surface area contributed by atoms with Crippen molar-refractivity contribution >= 4 is 17.4 Å². The minimum atomic E-state index is -0.216. The molecule has 1 amide bonds. The third-order valence-corrected chi connectivity index (χ3v) is 3.98. The molecular formula is C18H24N4O. The Labute approximate surface area is 137 Å². The molecule has 1 aromatic heterocycles. The van der Waals surface area contributed by atoms with Crippen molar-refractivity contribution in [2.75, 3.05) is 23.8 Å². The van der Waals surface area contributed by atoms with E-state index < -0.39 is 0 Å². The number of nitrogens with zero attached hydrogens (tertiary/aromatic N) is 3. The number of carbonyl (C=O) groups excluding carboxylic acids is 1. The number of nitrogens with one attached hydrogen (secondary N) is 1. The lowest BCUT2D eigenvalue weighted by Crippen LogP contribution is -2.21. The molecule has 122 valence electrons. The summed E-state index contributed by atoms with van der Waals surface area (Å²) in [4.78, 5) is 22.8. The van der Waals surface area contributed by atoms with Crippen molar-refractivity contribution in [3.8, 4) is 0 Å². The maximum Gasteiger partial charge on any atom is 0.274 e. The molecule has 0 bridgehead atoms. The van der Waals surface area contributed by atoms with Crippen LogP contribution in [0.5, 0.6) is 0 Å². The summed E-state index contributed by atoms with van der Waals surface area (Å²) < 4.78 is 0. The van der Waals surface area contributed by atoms with Crippen molar-refractivity contribution in [1.82, 2.24) is 9.97 Å². The number of amides is 1. The van der Waals surface area contributed by atoms with Crippen LogP contribution in [0.3, 0.4) is 0 Å². The Hall–Kier alpha value is -2.43. The smallest absolute Gasteiger partial charge is 0.274 e. The number of hydrogen-bond donors (Lipinski definition) is 1. The second kappa shape index (κ2) is 7.72. The van der Waals surface area contributed by atoms with Gasteiger partial charge in [0.15, 0.2) is 0 Å². The summed E-state index contributed by atoms with van der Waals surface area (Å²) in [5.41, 5.74) is 3.40. The van der Waals surface area contributed by atoms with Gasteiger partial charge in [-0.3, -0.25) is 4.79 Å². The van der Waals surface area contributed by atoms with Gasteiger partial charge in [-0.2, -0.15) is 0 Å². The van der Waals surface area contributed by atoms with Crippen LogP contribution in [0.2, 0.25) is 0 Å². The molecular weight excluding hydrogens is 288 g/mol. The Bertz CT molecular complexity index is 684.